The molecule has 1 aliphatic rings. The SMILES string of the molecule is CC(C)NCC1(Cc2cccc(Cl)c2Cl)CC1. The maximum Gasteiger partial charge on any atom is 0.0624 e. The Labute approximate surface area is 114 Å². The Morgan fingerprint density at radius 3 is 2.59 bits per heavy atom. The summed E-state index contributed by atoms with van der Waals surface area (Å²) in [7, 11) is 0. The van der Waals surface area contributed by atoms with Crippen LogP contribution in [0.5, 0.6) is 0 Å². The van der Waals surface area contributed by atoms with E-state index in [0.717, 1.165) is 18.0 Å². The van der Waals surface area contributed by atoms with Crippen LogP contribution in [0.2, 0.25) is 10.0 Å². The van der Waals surface area contributed by atoms with Crippen molar-refractivity contribution in [1.29, 1.82) is 0 Å². The molecule has 0 aliphatic heterocycles. The number of hydrogen-bond acceptors (Lipinski definition) is 1. The van der Waals surface area contributed by atoms with Gasteiger partial charge in [-0.15, -0.1) is 0 Å². The minimum Gasteiger partial charge on any atom is -0.314 e. The summed E-state index contributed by atoms with van der Waals surface area (Å²) < 4.78 is 0. The first-order valence-corrected chi connectivity index (χ1v) is 6.94. The van der Waals surface area contributed by atoms with Crippen LogP contribution in [0.15, 0.2) is 18.2 Å². The predicted octanol–water partition coefficient (Wildman–Crippen LogP) is 4.31. The van der Waals surface area contributed by atoms with Gasteiger partial charge in [-0.2, -0.15) is 0 Å². The predicted molar refractivity (Wildman–Crippen MR) is 75.0 cm³/mol. The molecular weight excluding hydrogens is 253 g/mol. The lowest BCUT2D eigenvalue weighted by Crippen LogP contribution is -2.31. The molecule has 0 saturated heterocycles. The third-order valence-electron chi connectivity index (χ3n) is 3.44. The third kappa shape index (κ3) is 3.37. The van der Waals surface area contributed by atoms with Crippen LogP contribution in [-0.2, 0) is 6.42 Å². The molecule has 1 N–H and O–H groups in total. The van der Waals surface area contributed by atoms with E-state index in [-0.39, 0.29) is 0 Å². The molecule has 17 heavy (non-hydrogen) atoms. The molecular formula is C14H19Cl2N. The van der Waals surface area contributed by atoms with Crippen LogP contribution < -0.4 is 5.32 Å². The van der Waals surface area contributed by atoms with Gasteiger partial charge in [-0.3, -0.25) is 0 Å². The van der Waals surface area contributed by atoms with E-state index in [1.54, 1.807) is 0 Å². The van der Waals surface area contributed by atoms with Crippen LogP contribution >= 0.6 is 23.2 Å². The van der Waals surface area contributed by atoms with Gasteiger partial charge in [0.2, 0.25) is 0 Å². The minimum absolute atomic E-state index is 0.415. The Bertz CT molecular complexity index is 397. The largest absolute Gasteiger partial charge is 0.314 e. The highest BCUT2D eigenvalue weighted by Gasteiger charge is 2.42. The molecule has 0 unspecified atom stereocenters. The van der Waals surface area contributed by atoms with Crippen molar-refractivity contribution in [3.63, 3.8) is 0 Å². The summed E-state index contributed by atoms with van der Waals surface area (Å²) in [6, 6.07) is 6.46. The van der Waals surface area contributed by atoms with E-state index in [2.05, 4.69) is 25.2 Å². The highest BCUT2D eigenvalue weighted by Crippen LogP contribution is 2.49. The number of hydrogen-bond donors (Lipinski definition) is 1. The number of halogens is 2. The van der Waals surface area contributed by atoms with Gasteiger partial charge in [0.15, 0.2) is 0 Å². The van der Waals surface area contributed by atoms with Gasteiger partial charge >= 0.3 is 0 Å². The zero-order chi connectivity index (χ0) is 12.5. The first-order chi connectivity index (χ1) is 8.02. The van der Waals surface area contributed by atoms with Gasteiger partial charge in [-0.25, -0.2) is 0 Å². The fourth-order valence-electron chi connectivity index (χ4n) is 2.10. The van der Waals surface area contributed by atoms with Crippen molar-refractivity contribution in [2.75, 3.05) is 6.54 Å². The second-order valence-electron chi connectivity index (χ2n) is 5.43. The molecule has 1 saturated carbocycles. The van der Waals surface area contributed by atoms with E-state index >= 15 is 0 Å². The fraction of sp³-hybridized carbons (Fsp3) is 0.571. The Morgan fingerprint density at radius 2 is 2.00 bits per heavy atom. The van der Waals surface area contributed by atoms with Gasteiger partial charge in [-0.1, -0.05) is 49.2 Å². The normalized spacial score (nSPS) is 17.5. The molecule has 1 nitrogen and oxygen atoms in total. The van der Waals surface area contributed by atoms with Crippen LogP contribution in [0, 0.1) is 5.41 Å². The molecule has 0 spiro atoms. The van der Waals surface area contributed by atoms with E-state index in [9.17, 15) is 0 Å². The van der Waals surface area contributed by atoms with Crippen LogP contribution in [0.25, 0.3) is 0 Å². The van der Waals surface area contributed by atoms with Crippen molar-refractivity contribution in [3.05, 3.63) is 33.8 Å². The van der Waals surface area contributed by atoms with Crippen LogP contribution in [0.4, 0.5) is 0 Å². The van der Waals surface area contributed by atoms with Gasteiger partial charge in [0.05, 0.1) is 10.0 Å². The van der Waals surface area contributed by atoms with Crippen LogP contribution in [-0.4, -0.2) is 12.6 Å². The molecule has 1 aromatic carbocycles. The number of rotatable bonds is 5. The molecule has 94 valence electrons. The van der Waals surface area contributed by atoms with E-state index in [1.807, 2.05) is 12.1 Å². The third-order valence-corrected chi connectivity index (χ3v) is 4.30. The number of nitrogens with one attached hydrogen (secondary N) is 1. The highest BCUT2D eigenvalue weighted by atomic mass is 35.5. The van der Waals surface area contributed by atoms with Gasteiger partial charge in [-0.05, 0) is 36.3 Å². The Hall–Kier alpha value is -0.240. The average Bonchev–Trinajstić information content (AvgIpc) is 3.03. The molecule has 0 aromatic heterocycles. The number of benzene rings is 1. The Morgan fingerprint density at radius 1 is 1.29 bits per heavy atom. The van der Waals surface area contributed by atoms with Crippen LogP contribution in [0.3, 0.4) is 0 Å². The molecule has 0 heterocycles. The smallest absolute Gasteiger partial charge is 0.0624 e. The van der Waals surface area contributed by atoms with Crippen molar-refractivity contribution in [2.24, 2.45) is 5.41 Å². The molecule has 0 bridgehead atoms. The first kappa shape index (κ1) is 13.2. The van der Waals surface area contributed by atoms with Crippen molar-refractivity contribution < 1.29 is 0 Å². The fourth-order valence-corrected chi connectivity index (χ4v) is 2.49. The van der Waals surface area contributed by atoms with Crippen molar-refractivity contribution in [3.8, 4) is 0 Å². The van der Waals surface area contributed by atoms with Gasteiger partial charge in [0.1, 0.15) is 0 Å². The molecule has 0 amide bonds. The minimum atomic E-state index is 0.415. The standard InChI is InChI=1S/C14H19Cl2N/c1-10(2)17-9-14(6-7-14)8-11-4-3-5-12(15)13(11)16/h3-5,10,17H,6-9H2,1-2H3. The summed E-state index contributed by atoms with van der Waals surface area (Å²) in [5.41, 5.74) is 1.60. The van der Waals surface area contributed by atoms with Crippen molar-refractivity contribution >= 4 is 23.2 Å². The zero-order valence-corrected chi connectivity index (χ0v) is 11.9. The van der Waals surface area contributed by atoms with E-state index in [1.165, 1.54) is 18.4 Å². The monoisotopic (exact) mass is 271 g/mol. The quantitative estimate of drug-likeness (QED) is 0.842. The molecule has 1 fully saturated rings. The van der Waals surface area contributed by atoms with Gasteiger partial charge in [0.25, 0.3) is 0 Å². The lowest BCUT2D eigenvalue weighted by Gasteiger charge is -2.19. The van der Waals surface area contributed by atoms with Crippen molar-refractivity contribution in [2.45, 2.75) is 39.2 Å². The van der Waals surface area contributed by atoms with Gasteiger partial charge < -0.3 is 5.32 Å². The maximum atomic E-state index is 6.24. The second kappa shape index (κ2) is 5.17. The summed E-state index contributed by atoms with van der Waals surface area (Å²) in [4.78, 5) is 0. The topological polar surface area (TPSA) is 12.0 Å². The maximum absolute atomic E-state index is 6.24. The molecule has 3 heteroatoms. The Balaban J connectivity index is 2.03. The average molecular weight is 272 g/mol. The summed E-state index contributed by atoms with van der Waals surface area (Å²) >= 11 is 12.3. The molecule has 2 rings (SSSR count). The Kier molecular flexibility index (Phi) is 4.02. The highest BCUT2D eigenvalue weighted by molar-refractivity contribution is 6.42. The van der Waals surface area contributed by atoms with Gasteiger partial charge in [0, 0.05) is 12.6 Å². The van der Waals surface area contributed by atoms with E-state index < -0.39 is 0 Å². The van der Waals surface area contributed by atoms with E-state index in [4.69, 9.17) is 23.2 Å². The summed E-state index contributed by atoms with van der Waals surface area (Å²) in [5.74, 6) is 0. The second-order valence-corrected chi connectivity index (χ2v) is 6.21. The summed E-state index contributed by atoms with van der Waals surface area (Å²) in [6.07, 6.45) is 3.61. The lowest BCUT2D eigenvalue weighted by atomic mass is 9.96. The molecule has 1 aromatic rings. The summed E-state index contributed by atoms with van der Waals surface area (Å²) in [6.45, 7) is 5.44. The molecule has 0 atom stereocenters. The summed E-state index contributed by atoms with van der Waals surface area (Å²) in [5, 5.41) is 4.92. The molecule has 1 aliphatic carbocycles. The zero-order valence-electron chi connectivity index (χ0n) is 10.4. The van der Waals surface area contributed by atoms with Crippen LogP contribution in [0.1, 0.15) is 32.3 Å². The lowest BCUT2D eigenvalue weighted by molar-refractivity contribution is 0.429. The van der Waals surface area contributed by atoms with Crippen molar-refractivity contribution in [1.82, 2.24) is 5.32 Å². The van der Waals surface area contributed by atoms with E-state index in [0.29, 0.717) is 16.5 Å². The molecule has 0 radical (unpaired) electrons. The first-order valence-electron chi connectivity index (χ1n) is 6.19.